The Morgan fingerprint density at radius 1 is 0.812 bits per heavy atom. The van der Waals surface area contributed by atoms with E-state index in [2.05, 4.69) is 16.0 Å². The van der Waals surface area contributed by atoms with Gasteiger partial charge in [-0.1, -0.05) is 42.5 Å². The topological polar surface area (TPSA) is 108 Å². The number of amides is 3. The molecule has 3 amide bonds. The van der Waals surface area contributed by atoms with Crippen molar-refractivity contribution in [2.24, 2.45) is 0 Å². The van der Waals surface area contributed by atoms with Gasteiger partial charge >= 0.3 is 6.03 Å². The summed E-state index contributed by atoms with van der Waals surface area (Å²) in [5.74, 6) is -0.487. The van der Waals surface area contributed by atoms with Gasteiger partial charge in [0.1, 0.15) is 6.04 Å². The van der Waals surface area contributed by atoms with E-state index >= 15 is 0 Å². The lowest BCUT2D eigenvalue weighted by Crippen LogP contribution is -2.43. The zero-order valence-electron chi connectivity index (χ0n) is 17.6. The monoisotopic (exact) mass is 452 g/mol. The van der Waals surface area contributed by atoms with Crippen LogP contribution in [0.15, 0.2) is 89.8 Å². The third-order valence-corrected chi connectivity index (χ3v) is 6.43. The van der Waals surface area contributed by atoms with Gasteiger partial charge < -0.3 is 16.0 Å². The number of rotatable bonds is 7. The number of sulfonamides is 1. The summed E-state index contributed by atoms with van der Waals surface area (Å²) in [4.78, 5) is 24.6. The maximum absolute atomic E-state index is 13.0. The highest BCUT2D eigenvalue weighted by atomic mass is 32.2. The third kappa shape index (κ3) is 5.64. The first-order chi connectivity index (χ1) is 15.3. The Labute approximate surface area is 187 Å². The number of nitrogens with zero attached hydrogens (tertiary/aromatic N) is 1. The second-order valence-electron chi connectivity index (χ2n) is 7.01. The fraction of sp³-hybridized carbons (Fsp3) is 0.130. The Kier molecular flexibility index (Phi) is 7.11. The highest BCUT2D eigenvalue weighted by molar-refractivity contribution is 7.92. The average molecular weight is 453 g/mol. The molecule has 0 aromatic heterocycles. The summed E-state index contributed by atoms with van der Waals surface area (Å²) in [5, 5.41) is 7.82. The summed E-state index contributed by atoms with van der Waals surface area (Å²) in [6.45, 7) is 1.53. The molecule has 32 heavy (non-hydrogen) atoms. The van der Waals surface area contributed by atoms with Crippen LogP contribution in [0, 0.1) is 0 Å². The standard InChI is InChI=1S/C23H24N4O4S/c1-17(24-23(29)26-18-10-5-3-6-11-18)22(28)25-19-12-9-15-21(16-19)32(30,31)27(2)20-13-7-4-8-14-20/h3-17H,1-2H3,(H,25,28)(H2,24,26,29)/t17-/m1/s1. The SMILES string of the molecule is C[C@@H](NC(=O)Nc1ccccc1)C(=O)Nc1cccc(S(=O)(=O)N(C)c2ccccc2)c1. The van der Waals surface area contributed by atoms with Gasteiger partial charge in [0.05, 0.1) is 10.6 Å². The van der Waals surface area contributed by atoms with E-state index in [1.54, 1.807) is 66.7 Å². The number of hydrogen-bond acceptors (Lipinski definition) is 4. The van der Waals surface area contributed by atoms with Crippen LogP contribution in [-0.4, -0.2) is 33.4 Å². The molecule has 0 heterocycles. The van der Waals surface area contributed by atoms with Crippen LogP contribution in [0.4, 0.5) is 21.9 Å². The van der Waals surface area contributed by atoms with Crippen LogP contribution in [-0.2, 0) is 14.8 Å². The van der Waals surface area contributed by atoms with Crippen molar-refractivity contribution in [3.8, 4) is 0 Å². The molecule has 0 aliphatic heterocycles. The number of benzene rings is 3. The maximum Gasteiger partial charge on any atom is 0.319 e. The van der Waals surface area contributed by atoms with E-state index in [0.29, 0.717) is 17.1 Å². The van der Waals surface area contributed by atoms with E-state index in [1.807, 2.05) is 6.07 Å². The van der Waals surface area contributed by atoms with E-state index in [1.165, 1.54) is 30.4 Å². The molecule has 166 valence electrons. The first-order valence-corrected chi connectivity index (χ1v) is 11.3. The molecule has 0 fully saturated rings. The van der Waals surface area contributed by atoms with Gasteiger partial charge in [0.25, 0.3) is 10.0 Å². The van der Waals surface area contributed by atoms with Crippen molar-refractivity contribution in [1.82, 2.24) is 5.32 Å². The molecule has 0 saturated carbocycles. The molecule has 3 aromatic rings. The molecule has 0 bridgehead atoms. The summed E-state index contributed by atoms with van der Waals surface area (Å²) in [7, 11) is -2.36. The summed E-state index contributed by atoms with van der Waals surface area (Å²) in [6, 6.07) is 22.1. The van der Waals surface area contributed by atoms with E-state index < -0.39 is 28.0 Å². The smallest absolute Gasteiger partial charge is 0.319 e. The van der Waals surface area contributed by atoms with Crippen molar-refractivity contribution in [3.63, 3.8) is 0 Å². The number of hydrogen-bond donors (Lipinski definition) is 3. The third-order valence-electron chi connectivity index (χ3n) is 4.65. The largest absolute Gasteiger partial charge is 0.326 e. The lowest BCUT2D eigenvalue weighted by molar-refractivity contribution is -0.117. The zero-order chi connectivity index (χ0) is 23.1. The first-order valence-electron chi connectivity index (χ1n) is 9.85. The highest BCUT2D eigenvalue weighted by Gasteiger charge is 2.22. The number of carbonyl (C=O) groups excluding carboxylic acids is 2. The molecule has 0 aliphatic carbocycles. The molecule has 0 spiro atoms. The number of anilines is 3. The predicted octanol–water partition coefficient (Wildman–Crippen LogP) is 3.66. The predicted molar refractivity (Wildman–Crippen MR) is 125 cm³/mol. The van der Waals surface area contributed by atoms with Crippen LogP contribution in [0.3, 0.4) is 0 Å². The van der Waals surface area contributed by atoms with Gasteiger partial charge in [-0.25, -0.2) is 13.2 Å². The van der Waals surface area contributed by atoms with Gasteiger partial charge in [0.15, 0.2) is 0 Å². The summed E-state index contributed by atoms with van der Waals surface area (Å²) >= 11 is 0. The number of carbonyl (C=O) groups is 2. The van der Waals surface area contributed by atoms with Gasteiger partial charge in [-0.3, -0.25) is 9.10 Å². The van der Waals surface area contributed by atoms with Crippen molar-refractivity contribution >= 4 is 39.0 Å². The zero-order valence-corrected chi connectivity index (χ0v) is 18.5. The molecule has 0 unspecified atom stereocenters. The summed E-state index contributed by atoms with van der Waals surface area (Å²) in [5.41, 5.74) is 1.41. The number of nitrogens with one attached hydrogen (secondary N) is 3. The Hall–Kier alpha value is -3.85. The highest BCUT2D eigenvalue weighted by Crippen LogP contribution is 2.23. The van der Waals surface area contributed by atoms with Crippen molar-refractivity contribution in [1.29, 1.82) is 0 Å². The van der Waals surface area contributed by atoms with Crippen LogP contribution < -0.4 is 20.3 Å². The van der Waals surface area contributed by atoms with Crippen LogP contribution in [0.2, 0.25) is 0 Å². The van der Waals surface area contributed by atoms with E-state index in [0.717, 1.165) is 0 Å². The number of urea groups is 1. The van der Waals surface area contributed by atoms with Gasteiger partial charge in [-0.05, 0) is 49.4 Å². The fourth-order valence-corrected chi connectivity index (χ4v) is 4.11. The lowest BCUT2D eigenvalue weighted by atomic mass is 10.2. The minimum absolute atomic E-state index is 0.0316. The van der Waals surface area contributed by atoms with Crippen LogP contribution in [0.1, 0.15) is 6.92 Å². The van der Waals surface area contributed by atoms with Gasteiger partial charge in [0.2, 0.25) is 5.91 Å². The first kappa shape index (κ1) is 22.8. The molecule has 3 rings (SSSR count). The van der Waals surface area contributed by atoms with E-state index in [9.17, 15) is 18.0 Å². The van der Waals surface area contributed by atoms with Gasteiger partial charge in [0, 0.05) is 18.4 Å². The van der Waals surface area contributed by atoms with Crippen molar-refractivity contribution in [2.75, 3.05) is 22.0 Å². The normalized spacial score (nSPS) is 11.8. The van der Waals surface area contributed by atoms with Crippen LogP contribution in [0.25, 0.3) is 0 Å². The molecule has 0 aliphatic rings. The molecular weight excluding hydrogens is 428 g/mol. The summed E-state index contributed by atoms with van der Waals surface area (Å²) < 4.78 is 27.1. The second kappa shape index (κ2) is 9.97. The molecule has 0 radical (unpaired) electrons. The molecule has 8 nitrogen and oxygen atoms in total. The Morgan fingerprint density at radius 3 is 2.06 bits per heavy atom. The molecule has 3 N–H and O–H groups in total. The molecule has 0 saturated heterocycles. The van der Waals surface area contributed by atoms with E-state index in [4.69, 9.17) is 0 Å². The van der Waals surface area contributed by atoms with Gasteiger partial charge in [-0.15, -0.1) is 0 Å². The Morgan fingerprint density at radius 2 is 1.41 bits per heavy atom. The summed E-state index contributed by atoms with van der Waals surface area (Å²) in [6.07, 6.45) is 0. The molecule has 9 heteroatoms. The van der Waals surface area contributed by atoms with Gasteiger partial charge in [-0.2, -0.15) is 0 Å². The van der Waals surface area contributed by atoms with E-state index in [-0.39, 0.29) is 4.90 Å². The second-order valence-corrected chi connectivity index (χ2v) is 8.98. The van der Waals surface area contributed by atoms with Crippen molar-refractivity contribution < 1.29 is 18.0 Å². The van der Waals surface area contributed by atoms with Crippen LogP contribution >= 0.6 is 0 Å². The Bertz CT molecular complexity index is 1180. The average Bonchev–Trinajstić information content (AvgIpc) is 2.79. The molecular formula is C23H24N4O4S. The van der Waals surface area contributed by atoms with Crippen molar-refractivity contribution in [2.45, 2.75) is 17.9 Å². The molecule has 1 atom stereocenters. The van der Waals surface area contributed by atoms with Crippen LogP contribution in [0.5, 0.6) is 0 Å². The number of para-hydroxylation sites is 2. The minimum atomic E-state index is -3.82. The lowest BCUT2D eigenvalue weighted by Gasteiger charge is -2.20. The van der Waals surface area contributed by atoms with Crippen molar-refractivity contribution in [3.05, 3.63) is 84.9 Å². The maximum atomic E-state index is 13.0. The fourth-order valence-electron chi connectivity index (χ4n) is 2.87. The Balaban J connectivity index is 1.66. The molecule has 3 aromatic carbocycles. The quantitative estimate of drug-likeness (QED) is 0.508. The minimum Gasteiger partial charge on any atom is -0.326 e.